The van der Waals surface area contributed by atoms with E-state index in [1.54, 1.807) is 14.0 Å². The van der Waals surface area contributed by atoms with E-state index in [-0.39, 0.29) is 10.6 Å². The number of halogens is 4. The fraction of sp³-hybridized carbons (Fsp3) is 0.250. The van der Waals surface area contributed by atoms with Gasteiger partial charge in [-0.1, -0.05) is 0 Å². The first-order chi connectivity index (χ1) is 9.74. The molecule has 0 N–H and O–H groups in total. The van der Waals surface area contributed by atoms with E-state index in [4.69, 9.17) is 0 Å². The summed E-state index contributed by atoms with van der Waals surface area (Å²) in [5, 5.41) is 4.06. The van der Waals surface area contributed by atoms with Crippen LogP contribution in [-0.2, 0) is 13.2 Å². The Morgan fingerprint density at radius 3 is 2.57 bits per heavy atom. The third-order valence-corrected chi connectivity index (χ3v) is 3.83. The molecule has 0 saturated carbocycles. The molecule has 0 saturated heterocycles. The summed E-state index contributed by atoms with van der Waals surface area (Å²) in [5.41, 5.74) is -0.466. The van der Waals surface area contributed by atoms with Crippen molar-refractivity contribution in [2.24, 2.45) is 7.05 Å². The van der Waals surface area contributed by atoms with Crippen molar-refractivity contribution in [3.8, 4) is 0 Å². The quantitative estimate of drug-likeness (QED) is 0.644. The van der Waals surface area contributed by atoms with Gasteiger partial charge in [0, 0.05) is 13.2 Å². The second kappa shape index (κ2) is 5.47. The first kappa shape index (κ1) is 15.5. The molecule has 4 nitrogen and oxygen atoms in total. The van der Waals surface area contributed by atoms with Gasteiger partial charge in [0.05, 0.1) is 16.8 Å². The molecule has 0 amide bonds. The maximum Gasteiger partial charge on any atom is 0.417 e. The fourth-order valence-corrected chi connectivity index (χ4v) is 2.58. The van der Waals surface area contributed by atoms with Gasteiger partial charge in [-0.15, -0.1) is 0 Å². The summed E-state index contributed by atoms with van der Waals surface area (Å²) in [5.74, 6) is -1.11. The molecule has 0 bridgehead atoms. The molecule has 9 heteroatoms. The summed E-state index contributed by atoms with van der Waals surface area (Å²) >= 11 is 0.748. The van der Waals surface area contributed by atoms with E-state index in [0.717, 1.165) is 11.8 Å². The highest BCUT2D eigenvalue weighted by Crippen LogP contribution is 2.34. The Bertz CT molecular complexity index is 697. The number of alkyl halides is 3. The lowest BCUT2D eigenvalue weighted by atomic mass is 10.3. The normalized spacial score (nSPS) is 11.7. The van der Waals surface area contributed by atoms with Gasteiger partial charge in [-0.05, 0) is 24.8 Å². The minimum Gasteiger partial charge on any atom is -0.298 e. The SMILES string of the molecule is Cc1nn(C)c(Sc2ncc(C(F)(F)F)cc2F)c1C=O. The number of aromatic nitrogens is 3. The summed E-state index contributed by atoms with van der Waals surface area (Å²) in [6.45, 7) is 1.60. The molecule has 0 radical (unpaired) electrons. The standard InChI is InChI=1S/C12H9F4N3OS/c1-6-8(5-20)11(19(2)18-6)21-10-9(13)3-7(4-17-10)12(14,15)16/h3-5H,1-2H3. The predicted molar refractivity (Wildman–Crippen MR) is 66.7 cm³/mol. The number of carbonyl (C=O) groups is 1. The smallest absolute Gasteiger partial charge is 0.298 e. The minimum absolute atomic E-state index is 0.253. The molecular formula is C12H9F4N3OS. The van der Waals surface area contributed by atoms with Gasteiger partial charge < -0.3 is 0 Å². The Morgan fingerprint density at radius 2 is 2.05 bits per heavy atom. The number of aryl methyl sites for hydroxylation is 2. The molecule has 21 heavy (non-hydrogen) atoms. The van der Waals surface area contributed by atoms with Crippen LogP contribution in [0, 0.1) is 12.7 Å². The summed E-state index contributed by atoms with van der Waals surface area (Å²) in [7, 11) is 1.55. The largest absolute Gasteiger partial charge is 0.417 e. The Labute approximate surface area is 121 Å². The van der Waals surface area contributed by atoms with E-state index in [1.165, 1.54) is 4.68 Å². The molecule has 2 aromatic rings. The van der Waals surface area contributed by atoms with E-state index in [0.29, 0.717) is 29.3 Å². The highest BCUT2D eigenvalue weighted by atomic mass is 32.2. The zero-order valence-electron chi connectivity index (χ0n) is 10.9. The number of hydrogen-bond donors (Lipinski definition) is 0. The van der Waals surface area contributed by atoms with Crippen LogP contribution in [0.4, 0.5) is 17.6 Å². The van der Waals surface area contributed by atoms with Crippen LogP contribution in [0.1, 0.15) is 21.6 Å². The summed E-state index contributed by atoms with van der Waals surface area (Å²) in [6, 6.07) is 0.374. The molecule has 0 aromatic carbocycles. The molecule has 2 aromatic heterocycles. The molecule has 0 aliphatic carbocycles. The van der Waals surface area contributed by atoms with Gasteiger partial charge in [-0.2, -0.15) is 18.3 Å². The maximum absolute atomic E-state index is 13.7. The highest BCUT2D eigenvalue weighted by molar-refractivity contribution is 7.99. The van der Waals surface area contributed by atoms with Crippen LogP contribution in [-0.4, -0.2) is 21.1 Å². The van der Waals surface area contributed by atoms with Crippen LogP contribution in [0.25, 0.3) is 0 Å². The van der Waals surface area contributed by atoms with Gasteiger partial charge in [0.2, 0.25) is 0 Å². The van der Waals surface area contributed by atoms with Crippen molar-refractivity contribution in [1.29, 1.82) is 0 Å². The molecule has 0 unspecified atom stereocenters. The Hall–Kier alpha value is -1.90. The lowest BCUT2D eigenvalue weighted by Gasteiger charge is -2.08. The number of carbonyl (C=O) groups excluding carboxylic acids is 1. The number of nitrogens with zero attached hydrogens (tertiary/aromatic N) is 3. The number of rotatable bonds is 3. The third-order valence-electron chi connectivity index (χ3n) is 2.66. The van der Waals surface area contributed by atoms with E-state index >= 15 is 0 Å². The van der Waals surface area contributed by atoms with Gasteiger partial charge in [-0.3, -0.25) is 9.48 Å². The van der Waals surface area contributed by atoms with Gasteiger partial charge in [0.1, 0.15) is 10.1 Å². The Balaban J connectivity index is 2.39. The van der Waals surface area contributed by atoms with Crippen LogP contribution in [0.5, 0.6) is 0 Å². The molecule has 2 rings (SSSR count). The van der Waals surface area contributed by atoms with Crippen LogP contribution in [0.15, 0.2) is 22.3 Å². The van der Waals surface area contributed by atoms with Crippen LogP contribution < -0.4 is 0 Å². The van der Waals surface area contributed by atoms with Crippen LogP contribution in [0.2, 0.25) is 0 Å². The zero-order valence-corrected chi connectivity index (χ0v) is 11.7. The van der Waals surface area contributed by atoms with E-state index in [9.17, 15) is 22.4 Å². The van der Waals surface area contributed by atoms with Crippen molar-refractivity contribution < 1.29 is 22.4 Å². The van der Waals surface area contributed by atoms with Crippen LogP contribution >= 0.6 is 11.8 Å². The number of aldehydes is 1. The van der Waals surface area contributed by atoms with Crippen molar-refractivity contribution in [2.75, 3.05) is 0 Å². The minimum atomic E-state index is -4.66. The average molecular weight is 319 g/mol. The lowest BCUT2D eigenvalue weighted by molar-refractivity contribution is -0.138. The van der Waals surface area contributed by atoms with Crippen molar-refractivity contribution in [2.45, 2.75) is 23.2 Å². The van der Waals surface area contributed by atoms with Gasteiger partial charge in [-0.25, -0.2) is 9.37 Å². The molecule has 112 valence electrons. The van der Waals surface area contributed by atoms with Gasteiger partial charge in [0.25, 0.3) is 0 Å². The van der Waals surface area contributed by atoms with Crippen molar-refractivity contribution in [3.05, 3.63) is 34.9 Å². The molecule has 0 aliphatic rings. The van der Waals surface area contributed by atoms with E-state index < -0.39 is 17.6 Å². The topological polar surface area (TPSA) is 47.8 Å². The molecule has 0 fully saturated rings. The van der Waals surface area contributed by atoms with Crippen molar-refractivity contribution in [3.63, 3.8) is 0 Å². The van der Waals surface area contributed by atoms with Crippen molar-refractivity contribution in [1.82, 2.24) is 14.8 Å². The number of pyridine rings is 1. The third kappa shape index (κ3) is 3.07. The Kier molecular flexibility index (Phi) is 4.04. The Morgan fingerprint density at radius 1 is 1.38 bits per heavy atom. The van der Waals surface area contributed by atoms with Crippen molar-refractivity contribution >= 4 is 18.0 Å². The first-order valence-corrected chi connectivity index (χ1v) is 6.45. The van der Waals surface area contributed by atoms with Gasteiger partial charge in [0.15, 0.2) is 12.1 Å². The summed E-state index contributed by atoms with van der Waals surface area (Å²) in [4.78, 5) is 14.5. The maximum atomic E-state index is 13.7. The fourth-order valence-electron chi connectivity index (χ4n) is 1.66. The summed E-state index contributed by atoms with van der Waals surface area (Å²) < 4.78 is 52.4. The molecule has 0 atom stereocenters. The second-order valence-corrected chi connectivity index (χ2v) is 5.13. The monoisotopic (exact) mass is 319 g/mol. The lowest BCUT2D eigenvalue weighted by Crippen LogP contribution is -2.07. The number of hydrogen-bond acceptors (Lipinski definition) is 4. The first-order valence-electron chi connectivity index (χ1n) is 5.63. The van der Waals surface area contributed by atoms with Gasteiger partial charge >= 0.3 is 6.18 Å². The second-order valence-electron chi connectivity index (χ2n) is 4.16. The highest BCUT2D eigenvalue weighted by Gasteiger charge is 2.32. The van der Waals surface area contributed by atoms with Crippen LogP contribution in [0.3, 0.4) is 0 Å². The molecule has 0 aliphatic heterocycles. The van der Waals surface area contributed by atoms with E-state index in [2.05, 4.69) is 10.1 Å². The molecule has 0 spiro atoms. The predicted octanol–water partition coefficient (Wildman–Crippen LogP) is 3.25. The molecular weight excluding hydrogens is 310 g/mol. The molecule has 2 heterocycles. The zero-order chi connectivity index (χ0) is 15.8. The van der Waals surface area contributed by atoms with E-state index in [1.807, 2.05) is 0 Å². The summed E-state index contributed by atoms with van der Waals surface area (Å²) in [6.07, 6.45) is -3.55. The average Bonchev–Trinajstić information content (AvgIpc) is 2.64.